The van der Waals surface area contributed by atoms with Crippen LogP contribution in [0, 0.1) is 0 Å². The predicted molar refractivity (Wildman–Crippen MR) is 63.5 cm³/mol. The molecule has 0 spiro atoms. The molecule has 4 heteroatoms. The van der Waals surface area contributed by atoms with Crippen molar-refractivity contribution in [3.8, 4) is 0 Å². The number of hydrogen-bond acceptors (Lipinski definition) is 3. The fourth-order valence-electron chi connectivity index (χ4n) is 2.02. The van der Waals surface area contributed by atoms with Gasteiger partial charge in [0.2, 0.25) is 0 Å². The van der Waals surface area contributed by atoms with Gasteiger partial charge < -0.3 is 10.2 Å². The Morgan fingerprint density at radius 3 is 3.20 bits per heavy atom. The number of pyridine rings is 1. The molecule has 0 radical (unpaired) electrons. The summed E-state index contributed by atoms with van der Waals surface area (Å²) in [4.78, 5) is 6.17. The summed E-state index contributed by atoms with van der Waals surface area (Å²) in [6.07, 6.45) is 6.00. The van der Waals surface area contributed by atoms with Crippen molar-refractivity contribution in [2.75, 3.05) is 25.0 Å². The Balaban J connectivity index is 2.00. The van der Waals surface area contributed by atoms with E-state index < -0.39 is 0 Å². The van der Waals surface area contributed by atoms with Gasteiger partial charge in [0.1, 0.15) is 0 Å². The van der Waals surface area contributed by atoms with Crippen LogP contribution < -0.4 is 10.2 Å². The van der Waals surface area contributed by atoms with Gasteiger partial charge in [0.05, 0.1) is 10.7 Å². The van der Waals surface area contributed by atoms with Gasteiger partial charge in [0.25, 0.3) is 0 Å². The first-order valence-corrected chi connectivity index (χ1v) is 5.69. The molecule has 0 bridgehead atoms. The Hall–Kier alpha value is -0.800. The Morgan fingerprint density at radius 2 is 2.53 bits per heavy atom. The number of hydrogen-bond donors (Lipinski definition) is 1. The van der Waals surface area contributed by atoms with Crippen LogP contribution in [0.15, 0.2) is 18.5 Å². The molecule has 15 heavy (non-hydrogen) atoms. The quantitative estimate of drug-likeness (QED) is 0.852. The minimum absolute atomic E-state index is 0.597. The van der Waals surface area contributed by atoms with Crippen LogP contribution in [0.2, 0.25) is 5.02 Å². The van der Waals surface area contributed by atoms with Crippen molar-refractivity contribution in [1.82, 2.24) is 10.3 Å². The maximum absolute atomic E-state index is 6.08. The smallest absolute Gasteiger partial charge is 0.0822 e. The van der Waals surface area contributed by atoms with Crippen molar-refractivity contribution in [3.05, 3.63) is 23.5 Å². The van der Waals surface area contributed by atoms with E-state index in [1.165, 1.54) is 12.8 Å². The first kappa shape index (κ1) is 10.7. The molecule has 1 saturated heterocycles. The highest BCUT2D eigenvalue weighted by Crippen LogP contribution is 2.23. The number of anilines is 1. The third-order valence-corrected chi connectivity index (χ3v) is 3.11. The summed E-state index contributed by atoms with van der Waals surface area (Å²) in [5.41, 5.74) is 1.06. The first-order chi connectivity index (χ1) is 7.27. The Kier molecular flexibility index (Phi) is 3.44. The van der Waals surface area contributed by atoms with E-state index in [4.69, 9.17) is 11.6 Å². The van der Waals surface area contributed by atoms with Crippen LogP contribution in [0.25, 0.3) is 0 Å². The van der Waals surface area contributed by atoms with Gasteiger partial charge in [-0.2, -0.15) is 0 Å². The number of aromatic nitrogens is 1. The van der Waals surface area contributed by atoms with E-state index in [9.17, 15) is 0 Å². The molecule has 1 N–H and O–H groups in total. The summed E-state index contributed by atoms with van der Waals surface area (Å²) in [6.45, 7) is 2.15. The van der Waals surface area contributed by atoms with E-state index in [1.807, 2.05) is 6.07 Å². The first-order valence-electron chi connectivity index (χ1n) is 5.31. The van der Waals surface area contributed by atoms with Gasteiger partial charge in [-0.3, -0.25) is 4.98 Å². The van der Waals surface area contributed by atoms with Crippen LogP contribution >= 0.6 is 11.6 Å². The van der Waals surface area contributed by atoms with Gasteiger partial charge in [0.15, 0.2) is 0 Å². The Labute approximate surface area is 95.4 Å². The lowest BCUT2D eigenvalue weighted by Gasteiger charge is -2.23. The van der Waals surface area contributed by atoms with Gasteiger partial charge in [-0.15, -0.1) is 0 Å². The molecular weight excluding hydrogens is 210 g/mol. The highest BCUT2D eigenvalue weighted by molar-refractivity contribution is 6.33. The van der Waals surface area contributed by atoms with Gasteiger partial charge in [0, 0.05) is 32.0 Å². The lowest BCUT2D eigenvalue weighted by Crippen LogP contribution is -2.35. The van der Waals surface area contributed by atoms with Crippen molar-refractivity contribution in [3.63, 3.8) is 0 Å². The third-order valence-electron chi connectivity index (χ3n) is 2.82. The standard InChI is InChI=1S/C11H16ClN3/c1-15(8-9-3-2-5-14-9)11-4-6-13-7-10(11)12/h4,6-7,9,14H,2-3,5,8H2,1H3. The van der Waals surface area contributed by atoms with Crippen molar-refractivity contribution in [1.29, 1.82) is 0 Å². The topological polar surface area (TPSA) is 28.2 Å². The summed E-state index contributed by atoms with van der Waals surface area (Å²) in [5, 5.41) is 4.20. The SMILES string of the molecule is CN(CC1CCCN1)c1ccncc1Cl. The van der Waals surface area contributed by atoms with Gasteiger partial charge in [-0.1, -0.05) is 11.6 Å². The van der Waals surface area contributed by atoms with Crippen LogP contribution in [0.5, 0.6) is 0 Å². The monoisotopic (exact) mass is 225 g/mol. The summed E-state index contributed by atoms with van der Waals surface area (Å²) >= 11 is 6.08. The van der Waals surface area contributed by atoms with Crippen LogP contribution in [-0.4, -0.2) is 31.2 Å². The fourth-order valence-corrected chi connectivity index (χ4v) is 2.28. The van der Waals surface area contributed by atoms with Crippen molar-refractivity contribution < 1.29 is 0 Å². The molecule has 0 aliphatic carbocycles. The zero-order chi connectivity index (χ0) is 10.7. The average Bonchev–Trinajstić information content (AvgIpc) is 2.71. The second-order valence-corrected chi connectivity index (χ2v) is 4.41. The second-order valence-electron chi connectivity index (χ2n) is 4.00. The van der Waals surface area contributed by atoms with Gasteiger partial charge in [-0.25, -0.2) is 0 Å². The summed E-state index contributed by atoms with van der Waals surface area (Å²) in [6, 6.07) is 2.55. The van der Waals surface area contributed by atoms with Crippen molar-refractivity contribution >= 4 is 17.3 Å². The molecule has 1 fully saturated rings. The largest absolute Gasteiger partial charge is 0.372 e. The molecular formula is C11H16ClN3. The molecule has 1 unspecified atom stereocenters. The molecule has 0 aromatic carbocycles. The lowest BCUT2D eigenvalue weighted by molar-refractivity contribution is 0.600. The van der Waals surface area contributed by atoms with Crippen molar-refractivity contribution in [2.45, 2.75) is 18.9 Å². The minimum atomic E-state index is 0.597. The number of rotatable bonds is 3. The molecule has 1 aliphatic heterocycles. The summed E-state index contributed by atoms with van der Waals surface area (Å²) < 4.78 is 0. The van der Waals surface area contributed by atoms with E-state index in [0.717, 1.165) is 23.8 Å². The molecule has 0 amide bonds. The van der Waals surface area contributed by atoms with Crippen LogP contribution in [0.4, 0.5) is 5.69 Å². The summed E-state index contributed by atoms with van der Waals surface area (Å²) in [7, 11) is 2.07. The Morgan fingerprint density at radius 1 is 1.67 bits per heavy atom. The molecule has 2 rings (SSSR count). The normalized spacial score (nSPS) is 20.5. The predicted octanol–water partition coefficient (Wildman–Crippen LogP) is 1.92. The molecule has 0 saturated carbocycles. The summed E-state index contributed by atoms with van der Waals surface area (Å²) in [5.74, 6) is 0. The molecule has 1 aromatic rings. The molecule has 3 nitrogen and oxygen atoms in total. The molecule has 1 aromatic heterocycles. The van der Waals surface area contributed by atoms with Crippen LogP contribution in [-0.2, 0) is 0 Å². The van der Waals surface area contributed by atoms with Gasteiger partial charge >= 0.3 is 0 Å². The number of likely N-dealkylation sites (N-methyl/N-ethyl adjacent to an activating group) is 1. The Bertz CT molecular complexity index is 323. The molecule has 1 atom stereocenters. The number of halogens is 1. The number of nitrogens with zero attached hydrogens (tertiary/aromatic N) is 2. The zero-order valence-corrected chi connectivity index (χ0v) is 9.67. The second kappa shape index (κ2) is 4.81. The highest BCUT2D eigenvalue weighted by atomic mass is 35.5. The lowest BCUT2D eigenvalue weighted by atomic mass is 10.2. The van der Waals surface area contributed by atoms with Crippen LogP contribution in [0.1, 0.15) is 12.8 Å². The van der Waals surface area contributed by atoms with E-state index in [-0.39, 0.29) is 0 Å². The average molecular weight is 226 g/mol. The third kappa shape index (κ3) is 2.61. The minimum Gasteiger partial charge on any atom is -0.372 e. The molecule has 1 aliphatic rings. The molecule has 2 heterocycles. The van der Waals surface area contributed by atoms with E-state index in [1.54, 1.807) is 12.4 Å². The van der Waals surface area contributed by atoms with E-state index >= 15 is 0 Å². The fraction of sp³-hybridized carbons (Fsp3) is 0.545. The van der Waals surface area contributed by atoms with E-state index in [2.05, 4.69) is 22.2 Å². The van der Waals surface area contributed by atoms with E-state index in [0.29, 0.717) is 6.04 Å². The number of nitrogens with one attached hydrogen (secondary N) is 1. The van der Waals surface area contributed by atoms with Gasteiger partial charge in [-0.05, 0) is 25.5 Å². The van der Waals surface area contributed by atoms with Crippen molar-refractivity contribution in [2.24, 2.45) is 0 Å². The van der Waals surface area contributed by atoms with Crippen LogP contribution in [0.3, 0.4) is 0 Å². The highest BCUT2D eigenvalue weighted by Gasteiger charge is 2.16. The maximum atomic E-state index is 6.08. The zero-order valence-electron chi connectivity index (χ0n) is 8.91. The molecule has 82 valence electrons. The maximum Gasteiger partial charge on any atom is 0.0822 e.